The predicted molar refractivity (Wildman–Crippen MR) is 96.2 cm³/mol. The number of nitrogens with zero attached hydrogens (tertiary/aromatic N) is 2. The maximum absolute atomic E-state index is 12.4. The number of ketones is 1. The Morgan fingerprint density at radius 1 is 1.20 bits per heavy atom. The number of hydrogen-bond donors (Lipinski definition) is 1. The minimum Gasteiger partial charge on any atom is -0.357 e. The molecule has 25 heavy (non-hydrogen) atoms. The molecule has 0 amide bonds. The van der Waals surface area contributed by atoms with Crippen molar-refractivity contribution >= 4 is 21.6 Å². The summed E-state index contributed by atoms with van der Waals surface area (Å²) < 4.78 is 27.4. The summed E-state index contributed by atoms with van der Waals surface area (Å²) in [6.07, 6.45) is 4.06. The van der Waals surface area contributed by atoms with Gasteiger partial charge in [0.05, 0.1) is 4.90 Å². The van der Waals surface area contributed by atoms with Crippen molar-refractivity contribution in [3.8, 4) is 0 Å². The van der Waals surface area contributed by atoms with E-state index >= 15 is 0 Å². The van der Waals surface area contributed by atoms with Crippen LogP contribution < -0.4 is 9.62 Å². The number of pyridine rings is 1. The highest BCUT2D eigenvalue weighted by atomic mass is 32.2. The van der Waals surface area contributed by atoms with Crippen LogP contribution in [0.2, 0.25) is 0 Å². The first-order valence-electron chi connectivity index (χ1n) is 8.26. The standard InChI is InChI=1S/C18H21N3O3S/c1-14(22)16-5-4-6-17(11-16)25(23,24)20-13-15-7-8-18(19-12-15)21-9-2-3-10-21/h4-8,11-12,20H,2-3,9-10,13H2,1H3. The van der Waals surface area contributed by atoms with Crippen molar-refractivity contribution in [2.45, 2.75) is 31.2 Å². The topological polar surface area (TPSA) is 79.4 Å². The Morgan fingerprint density at radius 2 is 1.96 bits per heavy atom. The molecule has 6 nitrogen and oxygen atoms in total. The number of hydrogen-bond acceptors (Lipinski definition) is 5. The number of carbonyl (C=O) groups is 1. The molecule has 7 heteroatoms. The van der Waals surface area contributed by atoms with Crippen LogP contribution in [-0.2, 0) is 16.6 Å². The van der Waals surface area contributed by atoms with E-state index in [-0.39, 0.29) is 17.2 Å². The van der Waals surface area contributed by atoms with Gasteiger partial charge < -0.3 is 4.90 Å². The molecule has 1 N–H and O–H groups in total. The van der Waals surface area contributed by atoms with Crippen LogP contribution in [0.1, 0.15) is 35.7 Å². The first-order chi connectivity index (χ1) is 12.0. The van der Waals surface area contributed by atoms with Gasteiger partial charge in [0.1, 0.15) is 5.82 Å². The van der Waals surface area contributed by atoms with E-state index in [0.29, 0.717) is 5.56 Å². The minimum absolute atomic E-state index is 0.0850. The molecule has 1 fully saturated rings. The van der Waals surface area contributed by atoms with Gasteiger partial charge in [0.2, 0.25) is 10.0 Å². The number of Topliss-reactive ketones (excluding diaryl/α,β-unsaturated/α-hetero) is 1. The Morgan fingerprint density at radius 3 is 2.60 bits per heavy atom. The molecule has 1 aromatic carbocycles. The summed E-state index contributed by atoms with van der Waals surface area (Å²) in [6, 6.07) is 9.84. The number of anilines is 1. The van der Waals surface area contributed by atoms with Gasteiger partial charge in [0, 0.05) is 31.4 Å². The highest BCUT2D eigenvalue weighted by Crippen LogP contribution is 2.18. The zero-order valence-electron chi connectivity index (χ0n) is 14.1. The van der Waals surface area contributed by atoms with E-state index in [1.54, 1.807) is 18.3 Å². The van der Waals surface area contributed by atoms with Crippen molar-refractivity contribution in [3.05, 3.63) is 53.7 Å². The Hall–Kier alpha value is -2.25. The fourth-order valence-electron chi connectivity index (χ4n) is 2.80. The first kappa shape index (κ1) is 17.6. The SMILES string of the molecule is CC(=O)c1cccc(S(=O)(=O)NCc2ccc(N3CCCC3)nc2)c1. The molecule has 1 aliphatic heterocycles. The number of carbonyl (C=O) groups excluding carboxylic acids is 1. The number of aromatic nitrogens is 1. The van der Waals surface area contributed by atoms with Crippen molar-refractivity contribution in [2.75, 3.05) is 18.0 Å². The number of rotatable bonds is 6. The molecule has 2 heterocycles. The summed E-state index contributed by atoms with van der Waals surface area (Å²) in [6.45, 7) is 3.60. The van der Waals surface area contributed by atoms with Gasteiger partial charge in [-0.25, -0.2) is 18.1 Å². The highest BCUT2D eigenvalue weighted by Gasteiger charge is 2.16. The van der Waals surface area contributed by atoms with Crippen molar-refractivity contribution in [3.63, 3.8) is 0 Å². The van der Waals surface area contributed by atoms with E-state index in [9.17, 15) is 13.2 Å². The summed E-state index contributed by atoms with van der Waals surface area (Å²) in [5.41, 5.74) is 1.16. The fraction of sp³-hybridized carbons (Fsp3) is 0.333. The van der Waals surface area contributed by atoms with E-state index in [4.69, 9.17) is 0 Å². The molecule has 0 aliphatic carbocycles. The zero-order valence-corrected chi connectivity index (χ0v) is 14.9. The summed E-state index contributed by atoms with van der Waals surface area (Å²) in [5, 5.41) is 0. The largest absolute Gasteiger partial charge is 0.357 e. The maximum atomic E-state index is 12.4. The second kappa shape index (κ2) is 7.33. The molecule has 3 rings (SSSR count). The minimum atomic E-state index is -3.68. The molecule has 0 unspecified atom stereocenters. The Bertz CT molecular complexity index is 857. The maximum Gasteiger partial charge on any atom is 0.240 e. The molecule has 1 aromatic heterocycles. The van der Waals surface area contributed by atoms with Gasteiger partial charge in [0.15, 0.2) is 5.78 Å². The van der Waals surface area contributed by atoms with Crippen molar-refractivity contribution in [2.24, 2.45) is 0 Å². The normalized spacial score (nSPS) is 14.7. The molecule has 0 atom stereocenters. The lowest BCUT2D eigenvalue weighted by atomic mass is 10.2. The van der Waals surface area contributed by atoms with Crippen LogP contribution in [0.25, 0.3) is 0 Å². The Labute approximate surface area is 147 Å². The first-order valence-corrected chi connectivity index (χ1v) is 9.74. The smallest absolute Gasteiger partial charge is 0.240 e. The van der Waals surface area contributed by atoms with Gasteiger partial charge in [-0.3, -0.25) is 4.79 Å². The zero-order chi connectivity index (χ0) is 17.9. The highest BCUT2D eigenvalue weighted by molar-refractivity contribution is 7.89. The third-order valence-corrected chi connectivity index (χ3v) is 5.66. The lowest BCUT2D eigenvalue weighted by molar-refractivity contribution is 0.101. The monoisotopic (exact) mass is 359 g/mol. The summed E-state index contributed by atoms with van der Waals surface area (Å²) in [4.78, 5) is 18.1. The van der Waals surface area contributed by atoms with Crippen LogP contribution in [0, 0.1) is 0 Å². The molecule has 0 bridgehead atoms. The predicted octanol–water partition coefficient (Wildman–Crippen LogP) is 2.36. The van der Waals surface area contributed by atoms with Crippen LogP contribution >= 0.6 is 0 Å². The average molecular weight is 359 g/mol. The van der Waals surface area contributed by atoms with Gasteiger partial charge in [-0.2, -0.15) is 0 Å². The molecule has 1 aliphatic rings. The van der Waals surface area contributed by atoms with Gasteiger partial charge in [-0.05, 0) is 43.5 Å². The van der Waals surface area contributed by atoms with Gasteiger partial charge >= 0.3 is 0 Å². The van der Waals surface area contributed by atoms with E-state index in [1.807, 2.05) is 12.1 Å². The second-order valence-corrected chi connectivity index (χ2v) is 7.89. The molecular weight excluding hydrogens is 338 g/mol. The molecule has 0 spiro atoms. The third-order valence-electron chi connectivity index (χ3n) is 4.26. The average Bonchev–Trinajstić information content (AvgIpc) is 3.15. The number of sulfonamides is 1. The van der Waals surface area contributed by atoms with E-state index < -0.39 is 10.0 Å². The molecule has 0 saturated carbocycles. The van der Waals surface area contributed by atoms with Crippen molar-refractivity contribution in [1.82, 2.24) is 9.71 Å². The Kier molecular flexibility index (Phi) is 5.15. The quantitative estimate of drug-likeness (QED) is 0.801. The van der Waals surface area contributed by atoms with Crippen LogP contribution in [0.3, 0.4) is 0 Å². The lowest BCUT2D eigenvalue weighted by Gasteiger charge is -2.16. The van der Waals surface area contributed by atoms with Gasteiger partial charge in [0.25, 0.3) is 0 Å². The molecule has 0 radical (unpaired) electrons. The van der Waals surface area contributed by atoms with Crippen LogP contribution in [0.5, 0.6) is 0 Å². The molecule has 132 valence electrons. The summed E-state index contributed by atoms with van der Waals surface area (Å²) >= 11 is 0. The van der Waals surface area contributed by atoms with Crippen molar-refractivity contribution in [1.29, 1.82) is 0 Å². The molecule has 1 saturated heterocycles. The molecule has 2 aromatic rings. The second-order valence-electron chi connectivity index (χ2n) is 6.13. The van der Waals surface area contributed by atoms with E-state index in [2.05, 4.69) is 14.6 Å². The van der Waals surface area contributed by atoms with E-state index in [1.165, 1.54) is 31.9 Å². The van der Waals surface area contributed by atoms with Gasteiger partial charge in [-0.15, -0.1) is 0 Å². The third kappa shape index (κ3) is 4.24. The van der Waals surface area contributed by atoms with Crippen molar-refractivity contribution < 1.29 is 13.2 Å². The molecular formula is C18H21N3O3S. The van der Waals surface area contributed by atoms with Crippen LogP contribution in [0.4, 0.5) is 5.82 Å². The fourth-order valence-corrected chi connectivity index (χ4v) is 3.86. The van der Waals surface area contributed by atoms with Gasteiger partial charge in [-0.1, -0.05) is 18.2 Å². The summed E-state index contributed by atoms with van der Waals surface area (Å²) in [5.74, 6) is 0.761. The van der Waals surface area contributed by atoms with Crippen LogP contribution in [0.15, 0.2) is 47.5 Å². The number of nitrogens with one attached hydrogen (secondary N) is 1. The summed E-state index contributed by atoms with van der Waals surface area (Å²) in [7, 11) is -3.68. The lowest BCUT2D eigenvalue weighted by Crippen LogP contribution is -2.24. The Balaban J connectivity index is 1.67. The number of benzene rings is 1. The van der Waals surface area contributed by atoms with E-state index in [0.717, 1.165) is 24.5 Å². The van der Waals surface area contributed by atoms with Crippen LogP contribution in [-0.4, -0.2) is 32.3 Å².